The Bertz CT molecular complexity index is 408. The second-order valence-corrected chi connectivity index (χ2v) is 3.72. The van der Waals surface area contributed by atoms with E-state index in [9.17, 15) is 15.2 Å². The number of nitro benzene ring substituents is 1. The minimum atomic E-state index is -0.574. The van der Waals surface area contributed by atoms with Crippen LogP contribution in [0.25, 0.3) is 0 Å². The molecule has 94 valence electrons. The summed E-state index contributed by atoms with van der Waals surface area (Å²) in [7, 11) is 0. The summed E-state index contributed by atoms with van der Waals surface area (Å²) in [6.45, 7) is 2.47. The van der Waals surface area contributed by atoms with Crippen molar-refractivity contribution < 1.29 is 10.0 Å². The molecule has 1 fully saturated rings. The molecule has 0 aliphatic carbocycles. The van der Waals surface area contributed by atoms with Gasteiger partial charge in [-0.2, -0.15) is 0 Å². The predicted molar refractivity (Wildman–Crippen MR) is 65.6 cm³/mol. The summed E-state index contributed by atoms with van der Waals surface area (Å²) in [4.78, 5) is 10.1. The number of nitro groups is 1. The molecule has 1 heterocycles. The Balaban J connectivity index is 0.00000144. The molecule has 0 bridgehead atoms. The summed E-state index contributed by atoms with van der Waals surface area (Å²) in [5.41, 5.74) is 0.571. The van der Waals surface area contributed by atoms with Gasteiger partial charge in [-0.25, -0.2) is 0 Å². The monoisotopic (exact) mass is 259 g/mol. The van der Waals surface area contributed by atoms with E-state index in [1.807, 2.05) is 0 Å². The lowest BCUT2D eigenvalue weighted by Crippen LogP contribution is -2.42. The first kappa shape index (κ1) is 13.7. The number of aromatic hydroxyl groups is 1. The number of nitrogens with zero attached hydrogens (tertiary/aromatic N) is 1. The highest BCUT2D eigenvalue weighted by Crippen LogP contribution is 2.28. The lowest BCUT2D eigenvalue weighted by molar-refractivity contribution is -0.385. The fraction of sp³-hybridized carbons (Fsp3) is 0.400. The van der Waals surface area contributed by atoms with Crippen molar-refractivity contribution in [3.8, 4) is 5.75 Å². The molecule has 17 heavy (non-hydrogen) atoms. The zero-order chi connectivity index (χ0) is 11.5. The molecule has 0 aromatic heterocycles. The van der Waals surface area contributed by atoms with Crippen LogP contribution in [0, 0.1) is 10.1 Å². The summed E-state index contributed by atoms with van der Waals surface area (Å²) >= 11 is 0. The number of phenolic OH excluding ortho intramolecular Hbond substituents is 1. The van der Waals surface area contributed by atoms with Crippen molar-refractivity contribution in [2.45, 2.75) is 6.04 Å². The molecule has 0 radical (unpaired) electrons. The van der Waals surface area contributed by atoms with E-state index in [4.69, 9.17) is 0 Å². The lowest BCUT2D eigenvalue weighted by atomic mass is 10.0. The van der Waals surface area contributed by atoms with Crippen LogP contribution in [0.2, 0.25) is 0 Å². The lowest BCUT2D eigenvalue weighted by Gasteiger charge is -2.24. The van der Waals surface area contributed by atoms with Crippen LogP contribution in [0.5, 0.6) is 5.75 Å². The van der Waals surface area contributed by atoms with E-state index in [1.165, 1.54) is 12.1 Å². The molecule has 7 heteroatoms. The summed E-state index contributed by atoms with van der Waals surface area (Å²) in [5, 5.41) is 26.4. The Morgan fingerprint density at radius 1 is 1.41 bits per heavy atom. The average molecular weight is 260 g/mol. The molecule has 1 aromatic rings. The third kappa shape index (κ3) is 3.06. The van der Waals surface area contributed by atoms with Crippen molar-refractivity contribution >= 4 is 18.1 Å². The van der Waals surface area contributed by atoms with Gasteiger partial charge in [-0.15, -0.1) is 12.4 Å². The Kier molecular flexibility index (Phi) is 4.68. The predicted octanol–water partition coefficient (Wildman–Crippen LogP) is 0.956. The van der Waals surface area contributed by atoms with Crippen molar-refractivity contribution in [3.05, 3.63) is 33.9 Å². The molecule has 0 amide bonds. The van der Waals surface area contributed by atoms with Gasteiger partial charge in [0.1, 0.15) is 0 Å². The standard InChI is InChI=1S/C10H13N3O3.ClH/c14-10-2-1-7(5-9(10)13(15)16)8-6-11-3-4-12-8;/h1-2,5,8,11-12,14H,3-4,6H2;1H/t8-;/m1./s1. The molecule has 6 nitrogen and oxygen atoms in total. The fourth-order valence-corrected chi connectivity index (χ4v) is 1.79. The highest BCUT2D eigenvalue weighted by molar-refractivity contribution is 5.85. The van der Waals surface area contributed by atoms with Crippen LogP contribution < -0.4 is 10.6 Å². The van der Waals surface area contributed by atoms with Crippen molar-refractivity contribution in [1.82, 2.24) is 10.6 Å². The number of nitrogens with one attached hydrogen (secondary N) is 2. The van der Waals surface area contributed by atoms with Gasteiger partial charge in [0.15, 0.2) is 5.75 Å². The normalized spacial score (nSPS) is 19.4. The van der Waals surface area contributed by atoms with Crippen molar-refractivity contribution in [1.29, 1.82) is 0 Å². The summed E-state index contributed by atoms with van der Waals surface area (Å²) < 4.78 is 0. The molecule has 1 aliphatic heterocycles. The zero-order valence-electron chi connectivity index (χ0n) is 9.05. The Morgan fingerprint density at radius 3 is 2.76 bits per heavy atom. The maximum Gasteiger partial charge on any atom is 0.311 e. The summed E-state index contributed by atoms with van der Waals surface area (Å²) in [6, 6.07) is 4.55. The maximum atomic E-state index is 10.7. The van der Waals surface area contributed by atoms with Gasteiger partial charge in [0.25, 0.3) is 0 Å². The van der Waals surface area contributed by atoms with Crippen molar-refractivity contribution in [2.24, 2.45) is 0 Å². The zero-order valence-corrected chi connectivity index (χ0v) is 9.87. The van der Waals surface area contributed by atoms with E-state index in [0.717, 1.165) is 25.2 Å². The molecule has 0 spiro atoms. The highest BCUT2D eigenvalue weighted by atomic mass is 35.5. The van der Waals surface area contributed by atoms with Gasteiger partial charge >= 0.3 is 5.69 Å². The quantitative estimate of drug-likeness (QED) is 0.544. The molecule has 1 aromatic carbocycles. The Labute approximate surface area is 105 Å². The summed E-state index contributed by atoms with van der Waals surface area (Å²) in [6.07, 6.45) is 0. The van der Waals surface area contributed by atoms with Crippen LogP contribution in [0.15, 0.2) is 18.2 Å². The maximum absolute atomic E-state index is 10.7. The van der Waals surface area contributed by atoms with Crippen LogP contribution in [0.1, 0.15) is 11.6 Å². The fourth-order valence-electron chi connectivity index (χ4n) is 1.79. The second kappa shape index (κ2) is 5.81. The van der Waals surface area contributed by atoms with Gasteiger partial charge in [-0.05, 0) is 11.6 Å². The largest absolute Gasteiger partial charge is 0.502 e. The average Bonchev–Trinajstić information content (AvgIpc) is 2.30. The first-order valence-electron chi connectivity index (χ1n) is 5.10. The van der Waals surface area contributed by atoms with Gasteiger partial charge in [-0.3, -0.25) is 10.1 Å². The molecule has 1 atom stereocenters. The third-order valence-electron chi connectivity index (χ3n) is 2.64. The number of piperazine rings is 1. The van der Waals surface area contributed by atoms with Gasteiger partial charge in [0.05, 0.1) is 4.92 Å². The minimum absolute atomic E-state index is 0. The molecular formula is C10H14ClN3O3. The molecule has 0 unspecified atom stereocenters. The van der Waals surface area contributed by atoms with Gasteiger partial charge in [-0.1, -0.05) is 6.07 Å². The van der Waals surface area contributed by atoms with E-state index in [0.29, 0.717) is 0 Å². The number of hydrogen-bond acceptors (Lipinski definition) is 5. The molecular weight excluding hydrogens is 246 g/mol. The number of hydrogen-bond donors (Lipinski definition) is 3. The SMILES string of the molecule is Cl.O=[N+]([O-])c1cc([C@H]2CNCCN2)ccc1O. The number of rotatable bonds is 2. The van der Waals surface area contributed by atoms with Crippen LogP contribution >= 0.6 is 12.4 Å². The Hall–Kier alpha value is -1.37. The van der Waals surface area contributed by atoms with Gasteiger partial charge < -0.3 is 15.7 Å². The molecule has 3 N–H and O–H groups in total. The number of halogens is 1. The topological polar surface area (TPSA) is 87.4 Å². The van der Waals surface area contributed by atoms with E-state index in [2.05, 4.69) is 10.6 Å². The molecule has 1 saturated heterocycles. The van der Waals surface area contributed by atoms with Crippen LogP contribution in [-0.4, -0.2) is 29.7 Å². The number of phenols is 1. The number of benzene rings is 1. The van der Waals surface area contributed by atoms with E-state index in [1.54, 1.807) is 6.07 Å². The van der Waals surface area contributed by atoms with E-state index < -0.39 is 4.92 Å². The minimum Gasteiger partial charge on any atom is -0.502 e. The third-order valence-corrected chi connectivity index (χ3v) is 2.64. The highest BCUT2D eigenvalue weighted by Gasteiger charge is 2.19. The molecule has 0 saturated carbocycles. The Morgan fingerprint density at radius 2 is 2.18 bits per heavy atom. The van der Waals surface area contributed by atoms with Gasteiger partial charge in [0, 0.05) is 31.7 Å². The first-order chi connectivity index (χ1) is 7.68. The van der Waals surface area contributed by atoms with Crippen LogP contribution in [-0.2, 0) is 0 Å². The van der Waals surface area contributed by atoms with Gasteiger partial charge in [0.2, 0.25) is 0 Å². The van der Waals surface area contributed by atoms with E-state index >= 15 is 0 Å². The smallest absolute Gasteiger partial charge is 0.311 e. The van der Waals surface area contributed by atoms with Crippen molar-refractivity contribution in [3.63, 3.8) is 0 Å². The van der Waals surface area contributed by atoms with E-state index in [-0.39, 0.29) is 29.9 Å². The molecule has 1 aliphatic rings. The second-order valence-electron chi connectivity index (χ2n) is 3.72. The van der Waals surface area contributed by atoms with Crippen LogP contribution in [0.4, 0.5) is 5.69 Å². The summed E-state index contributed by atoms with van der Waals surface area (Å²) in [5.74, 6) is -0.294. The molecule has 2 rings (SSSR count). The first-order valence-corrected chi connectivity index (χ1v) is 5.10. The van der Waals surface area contributed by atoms with Crippen LogP contribution in [0.3, 0.4) is 0 Å². The van der Waals surface area contributed by atoms with Crippen molar-refractivity contribution in [2.75, 3.05) is 19.6 Å².